The number of amides is 2. The maximum absolute atomic E-state index is 11.8. The fourth-order valence-electron chi connectivity index (χ4n) is 1.46. The molecule has 0 fully saturated rings. The largest absolute Gasteiger partial charge is 0.337 e. The molecule has 1 aromatic carbocycles. The molecule has 1 aromatic rings. The second-order valence-corrected chi connectivity index (χ2v) is 5.15. The minimum Gasteiger partial charge on any atom is -0.295 e. The lowest BCUT2D eigenvalue weighted by atomic mass is 10.3. The Morgan fingerprint density at radius 2 is 2.00 bits per heavy atom. The van der Waals surface area contributed by atoms with Crippen molar-refractivity contribution >= 4 is 21.7 Å². The SMILES string of the molecule is CN1C(=O)N(C)S(=O)(=O)c2c[c]ccc21. The highest BCUT2D eigenvalue weighted by Crippen LogP contribution is 2.31. The molecule has 1 aliphatic rings. The normalized spacial score (nSPS) is 18.9. The van der Waals surface area contributed by atoms with E-state index in [1.54, 1.807) is 12.1 Å². The molecule has 0 aromatic heterocycles. The third-order valence-corrected chi connectivity index (χ3v) is 4.12. The third kappa shape index (κ3) is 1.21. The van der Waals surface area contributed by atoms with E-state index in [0.717, 1.165) is 4.31 Å². The first-order valence-corrected chi connectivity index (χ1v) is 5.67. The first-order valence-electron chi connectivity index (χ1n) is 4.23. The van der Waals surface area contributed by atoms with Crippen LogP contribution in [0.3, 0.4) is 0 Å². The fourth-order valence-corrected chi connectivity index (χ4v) is 2.76. The van der Waals surface area contributed by atoms with Gasteiger partial charge < -0.3 is 0 Å². The molecule has 0 saturated heterocycles. The molecule has 0 aliphatic carbocycles. The topological polar surface area (TPSA) is 57.7 Å². The number of fused-ring (bicyclic) bond motifs is 1. The van der Waals surface area contributed by atoms with E-state index in [1.165, 1.54) is 25.1 Å². The Bertz CT molecular complexity index is 524. The Kier molecular flexibility index (Phi) is 1.97. The van der Waals surface area contributed by atoms with Gasteiger partial charge in [-0.15, -0.1) is 0 Å². The molecule has 0 N–H and O–H groups in total. The van der Waals surface area contributed by atoms with Gasteiger partial charge >= 0.3 is 6.03 Å². The number of sulfonamides is 1. The molecule has 5 nitrogen and oxygen atoms in total. The van der Waals surface area contributed by atoms with E-state index in [0.29, 0.717) is 5.69 Å². The summed E-state index contributed by atoms with van der Waals surface area (Å²) in [6.07, 6.45) is 0. The van der Waals surface area contributed by atoms with Crippen LogP contribution in [0.1, 0.15) is 0 Å². The first-order chi connectivity index (χ1) is 6.96. The molecule has 1 radical (unpaired) electrons. The zero-order valence-electron chi connectivity index (χ0n) is 8.26. The molecule has 1 heterocycles. The van der Waals surface area contributed by atoms with Gasteiger partial charge in [-0.1, -0.05) is 6.07 Å². The van der Waals surface area contributed by atoms with Crippen molar-refractivity contribution < 1.29 is 13.2 Å². The van der Waals surface area contributed by atoms with Crippen LogP contribution < -0.4 is 4.90 Å². The summed E-state index contributed by atoms with van der Waals surface area (Å²) in [5, 5.41) is 0. The van der Waals surface area contributed by atoms with E-state index >= 15 is 0 Å². The van der Waals surface area contributed by atoms with Crippen LogP contribution in [0, 0.1) is 6.07 Å². The molecule has 1 aliphatic heterocycles. The summed E-state index contributed by atoms with van der Waals surface area (Å²) in [4.78, 5) is 13.0. The summed E-state index contributed by atoms with van der Waals surface area (Å²) in [6.45, 7) is 0. The molecular formula is C9H9N2O3S. The maximum Gasteiger partial charge on any atom is 0.337 e. The lowest BCUT2D eigenvalue weighted by Gasteiger charge is -2.31. The molecule has 0 atom stereocenters. The summed E-state index contributed by atoms with van der Waals surface area (Å²) in [7, 11) is -0.918. The second kappa shape index (κ2) is 2.96. The average molecular weight is 225 g/mol. The van der Waals surface area contributed by atoms with Crippen molar-refractivity contribution in [3.05, 3.63) is 24.3 Å². The van der Waals surface area contributed by atoms with Gasteiger partial charge in [-0.25, -0.2) is 17.5 Å². The van der Waals surface area contributed by atoms with Crippen LogP contribution in [-0.2, 0) is 10.0 Å². The zero-order chi connectivity index (χ0) is 11.2. The van der Waals surface area contributed by atoms with Crippen molar-refractivity contribution in [3.63, 3.8) is 0 Å². The van der Waals surface area contributed by atoms with Crippen LogP contribution in [0.4, 0.5) is 10.5 Å². The van der Waals surface area contributed by atoms with Crippen molar-refractivity contribution in [2.75, 3.05) is 19.0 Å². The average Bonchev–Trinajstić information content (AvgIpc) is 2.24. The summed E-state index contributed by atoms with van der Waals surface area (Å²) in [5.74, 6) is 0. The number of benzene rings is 1. The highest BCUT2D eigenvalue weighted by molar-refractivity contribution is 7.90. The van der Waals surface area contributed by atoms with E-state index in [2.05, 4.69) is 6.07 Å². The van der Waals surface area contributed by atoms with E-state index in [1.807, 2.05) is 0 Å². The minimum absolute atomic E-state index is 0.106. The molecule has 6 heteroatoms. The standard InChI is InChI=1S/C9H9N2O3S/c1-10-7-5-3-4-6-8(7)15(13,14)11(2)9(10)12/h3,5-6H,1-2H3. The van der Waals surface area contributed by atoms with Gasteiger partial charge in [0.1, 0.15) is 4.90 Å². The van der Waals surface area contributed by atoms with Gasteiger partial charge in [0.15, 0.2) is 0 Å². The molecule has 0 unspecified atom stereocenters. The quantitative estimate of drug-likeness (QED) is 0.652. The monoisotopic (exact) mass is 225 g/mol. The van der Waals surface area contributed by atoms with Crippen LogP contribution >= 0.6 is 0 Å². The van der Waals surface area contributed by atoms with Crippen LogP contribution in [0.5, 0.6) is 0 Å². The smallest absolute Gasteiger partial charge is 0.295 e. The van der Waals surface area contributed by atoms with Crippen molar-refractivity contribution in [1.29, 1.82) is 0 Å². The van der Waals surface area contributed by atoms with Crippen LogP contribution in [0.2, 0.25) is 0 Å². The second-order valence-electron chi connectivity index (χ2n) is 3.21. The minimum atomic E-state index is -3.69. The van der Waals surface area contributed by atoms with Crippen LogP contribution in [0.15, 0.2) is 23.1 Å². The zero-order valence-corrected chi connectivity index (χ0v) is 9.08. The highest BCUT2D eigenvalue weighted by Gasteiger charge is 2.36. The van der Waals surface area contributed by atoms with Gasteiger partial charge in [-0.05, 0) is 18.2 Å². The van der Waals surface area contributed by atoms with E-state index in [4.69, 9.17) is 0 Å². The van der Waals surface area contributed by atoms with Crippen molar-refractivity contribution in [3.8, 4) is 0 Å². The number of nitrogens with zero attached hydrogens (tertiary/aromatic N) is 2. The number of urea groups is 1. The highest BCUT2D eigenvalue weighted by atomic mass is 32.2. The van der Waals surface area contributed by atoms with Gasteiger partial charge in [0.05, 0.1) is 5.69 Å². The van der Waals surface area contributed by atoms with Crippen molar-refractivity contribution in [2.45, 2.75) is 4.90 Å². The van der Waals surface area contributed by atoms with Crippen LogP contribution in [-0.4, -0.2) is 32.8 Å². The van der Waals surface area contributed by atoms with Gasteiger partial charge in [-0.3, -0.25) is 4.90 Å². The van der Waals surface area contributed by atoms with E-state index < -0.39 is 16.1 Å². The summed E-state index contributed by atoms with van der Waals surface area (Å²) >= 11 is 0. The van der Waals surface area contributed by atoms with E-state index in [-0.39, 0.29) is 4.90 Å². The summed E-state index contributed by atoms with van der Waals surface area (Å²) in [5.41, 5.74) is 0.386. The molecule has 15 heavy (non-hydrogen) atoms. The molecule has 2 amide bonds. The Balaban J connectivity index is 2.78. The maximum atomic E-state index is 11.8. The van der Waals surface area contributed by atoms with Gasteiger partial charge in [0.25, 0.3) is 10.0 Å². The number of hydrogen-bond donors (Lipinski definition) is 0. The Hall–Kier alpha value is -1.56. The summed E-state index contributed by atoms with van der Waals surface area (Å²) < 4.78 is 24.4. The number of rotatable bonds is 0. The Labute approximate surface area is 88.0 Å². The molecule has 0 spiro atoms. The number of carbonyl (C=O) groups excluding carboxylic acids is 1. The molecule has 79 valence electrons. The van der Waals surface area contributed by atoms with Crippen molar-refractivity contribution in [1.82, 2.24) is 4.31 Å². The predicted octanol–water partition coefficient (Wildman–Crippen LogP) is 0.677. The molecule has 0 saturated carbocycles. The number of anilines is 1. The van der Waals surface area contributed by atoms with E-state index in [9.17, 15) is 13.2 Å². The lowest BCUT2D eigenvalue weighted by Crippen LogP contribution is -2.46. The lowest BCUT2D eigenvalue weighted by molar-refractivity contribution is 0.234. The number of hydrogen-bond acceptors (Lipinski definition) is 3. The summed E-state index contributed by atoms with van der Waals surface area (Å²) in [6, 6.07) is 6.62. The first kappa shape index (κ1) is 9.97. The number of carbonyl (C=O) groups is 1. The molecule has 0 bridgehead atoms. The molecule has 2 rings (SSSR count). The third-order valence-electron chi connectivity index (χ3n) is 2.36. The predicted molar refractivity (Wildman–Crippen MR) is 54.0 cm³/mol. The van der Waals surface area contributed by atoms with Crippen molar-refractivity contribution in [2.24, 2.45) is 0 Å². The van der Waals surface area contributed by atoms with Gasteiger partial charge in [0, 0.05) is 14.1 Å². The Morgan fingerprint density at radius 3 is 2.67 bits per heavy atom. The Morgan fingerprint density at radius 1 is 1.33 bits per heavy atom. The van der Waals surface area contributed by atoms with Gasteiger partial charge in [-0.2, -0.15) is 0 Å². The van der Waals surface area contributed by atoms with Crippen LogP contribution in [0.25, 0.3) is 0 Å². The molecular weight excluding hydrogens is 216 g/mol. The fraction of sp³-hybridized carbons (Fsp3) is 0.222. The van der Waals surface area contributed by atoms with Gasteiger partial charge in [0.2, 0.25) is 0 Å².